The topological polar surface area (TPSA) is 28.2 Å². The summed E-state index contributed by atoms with van der Waals surface area (Å²) in [4.78, 5) is 4.26. The highest BCUT2D eigenvalue weighted by atomic mass is 35.5. The Morgan fingerprint density at radius 1 is 1.41 bits per heavy atom. The van der Waals surface area contributed by atoms with E-state index in [2.05, 4.69) is 21.5 Å². The molecule has 0 unspecified atom stereocenters. The SMILES string of the molecule is CNN1CCCCC[C@@H]1c1cnc(Cl)c(C)c1. The summed E-state index contributed by atoms with van der Waals surface area (Å²) < 4.78 is 0. The number of hydrogen-bond acceptors (Lipinski definition) is 3. The molecule has 1 fully saturated rings. The highest BCUT2D eigenvalue weighted by Crippen LogP contribution is 2.29. The maximum atomic E-state index is 5.98. The normalized spacial score (nSPS) is 22.4. The maximum Gasteiger partial charge on any atom is 0.131 e. The lowest BCUT2D eigenvalue weighted by molar-refractivity contribution is 0.142. The summed E-state index contributed by atoms with van der Waals surface area (Å²) in [6, 6.07) is 2.58. The van der Waals surface area contributed by atoms with Gasteiger partial charge in [-0.1, -0.05) is 24.4 Å². The van der Waals surface area contributed by atoms with Crippen LogP contribution in [0.15, 0.2) is 12.3 Å². The van der Waals surface area contributed by atoms with Gasteiger partial charge in [0, 0.05) is 12.7 Å². The highest BCUT2D eigenvalue weighted by molar-refractivity contribution is 6.30. The molecular formula is C13H20ClN3. The van der Waals surface area contributed by atoms with Crippen LogP contribution in [-0.4, -0.2) is 23.6 Å². The monoisotopic (exact) mass is 253 g/mol. The summed E-state index contributed by atoms with van der Waals surface area (Å²) in [7, 11) is 1.99. The Kier molecular flexibility index (Phi) is 4.37. The van der Waals surface area contributed by atoms with E-state index in [1.165, 1.54) is 31.2 Å². The number of hydrogen-bond donors (Lipinski definition) is 1. The molecule has 0 aliphatic carbocycles. The smallest absolute Gasteiger partial charge is 0.131 e. The summed E-state index contributed by atoms with van der Waals surface area (Å²) in [6.45, 7) is 3.11. The Hall–Kier alpha value is -0.640. The zero-order valence-corrected chi connectivity index (χ0v) is 11.3. The van der Waals surface area contributed by atoms with Crippen LogP contribution in [0, 0.1) is 6.92 Å². The van der Waals surface area contributed by atoms with E-state index in [0.717, 1.165) is 12.1 Å². The van der Waals surface area contributed by atoms with Crippen LogP contribution in [0.4, 0.5) is 0 Å². The summed E-state index contributed by atoms with van der Waals surface area (Å²) in [5.41, 5.74) is 5.63. The fourth-order valence-electron chi connectivity index (χ4n) is 2.48. The van der Waals surface area contributed by atoms with Crippen LogP contribution >= 0.6 is 11.6 Å². The molecule has 0 amide bonds. The van der Waals surface area contributed by atoms with E-state index >= 15 is 0 Å². The standard InChI is InChI=1S/C13H20ClN3/c1-10-8-11(9-16-13(10)14)12-6-4-3-5-7-17(12)15-2/h8-9,12,15H,3-7H2,1-2H3/t12-/m1/s1. The Labute approximate surface area is 108 Å². The van der Waals surface area contributed by atoms with Gasteiger partial charge in [-0.3, -0.25) is 5.43 Å². The molecule has 0 spiro atoms. The van der Waals surface area contributed by atoms with Crippen molar-refractivity contribution in [2.45, 2.75) is 38.6 Å². The second-order valence-electron chi connectivity index (χ2n) is 4.66. The first-order chi connectivity index (χ1) is 8.22. The van der Waals surface area contributed by atoms with Crippen molar-refractivity contribution in [2.24, 2.45) is 0 Å². The fourth-order valence-corrected chi connectivity index (χ4v) is 2.59. The van der Waals surface area contributed by atoms with Crippen LogP contribution in [0.5, 0.6) is 0 Å². The predicted molar refractivity (Wildman–Crippen MR) is 71.0 cm³/mol. The molecule has 94 valence electrons. The van der Waals surface area contributed by atoms with Gasteiger partial charge in [-0.2, -0.15) is 0 Å². The maximum absolute atomic E-state index is 5.98. The number of hydrazine groups is 1. The van der Waals surface area contributed by atoms with E-state index in [4.69, 9.17) is 11.6 Å². The molecule has 17 heavy (non-hydrogen) atoms. The van der Waals surface area contributed by atoms with Gasteiger partial charge in [0.1, 0.15) is 5.15 Å². The van der Waals surface area contributed by atoms with E-state index in [1.54, 1.807) is 0 Å². The van der Waals surface area contributed by atoms with Crippen molar-refractivity contribution in [3.63, 3.8) is 0 Å². The lowest BCUT2D eigenvalue weighted by Gasteiger charge is -2.29. The Bertz CT molecular complexity index is 381. The molecule has 2 heterocycles. The fraction of sp³-hybridized carbons (Fsp3) is 0.615. The number of halogens is 1. The van der Waals surface area contributed by atoms with Gasteiger partial charge in [0.25, 0.3) is 0 Å². The van der Waals surface area contributed by atoms with Crippen LogP contribution in [-0.2, 0) is 0 Å². The molecule has 1 aliphatic heterocycles. The zero-order valence-electron chi connectivity index (χ0n) is 10.5. The third-order valence-electron chi connectivity index (χ3n) is 3.46. The molecule has 1 saturated heterocycles. The van der Waals surface area contributed by atoms with Crippen molar-refractivity contribution >= 4 is 11.6 Å². The van der Waals surface area contributed by atoms with Gasteiger partial charge in [0.15, 0.2) is 0 Å². The lowest BCUT2D eigenvalue weighted by Crippen LogP contribution is -2.38. The third-order valence-corrected chi connectivity index (χ3v) is 3.86. The molecule has 0 saturated carbocycles. The molecule has 0 radical (unpaired) electrons. The van der Waals surface area contributed by atoms with E-state index in [0.29, 0.717) is 11.2 Å². The number of aryl methyl sites for hydroxylation is 1. The summed E-state index contributed by atoms with van der Waals surface area (Å²) in [5, 5.41) is 2.93. The molecule has 1 aromatic rings. The molecule has 2 rings (SSSR count). The molecule has 4 heteroatoms. The minimum atomic E-state index is 0.422. The van der Waals surface area contributed by atoms with Crippen molar-refractivity contribution in [3.8, 4) is 0 Å². The molecule has 1 aromatic heterocycles. The first kappa shape index (κ1) is 12.8. The summed E-state index contributed by atoms with van der Waals surface area (Å²) in [5.74, 6) is 0. The molecule has 1 aliphatic rings. The summed E-state index contributed by atoms with van der Waals surface area (Å²) >= 11 is 5.98. The molecule has 0 bridgehead atoms. The first-order valence-electron chi connectivity index (χ1n) is 6.28. The highest BCUT2D eigenvalue weighted by Gasteiger charge is 2.22. The van der Waals surface area contributed by atoms with Crippen LogP contribution in [0.25, 0.3) is 0 Å². The van der Waals surface area contributed by atoms with Gasteiger partial charge >= 0.3 is 0 Å². The predicted octanol–water partition coefficient (Wildman–Crippen LogP) is 3.09. The minimum Gasteiger partial charge on any atom is -0.258 e. The largest absolute Gasteiger partial charge is 0.258 e. The van der Waals surface area contributed by atoms with E-state index in [1.807, 2.05) is 20.2 Å². The summed E-state index contributed by atoms with van der Waals surface area (Å²) in [6.07, 6.45) is 6.95. The average molecular weight is 254 g/mol. The van der Waals surface area contributed by atoms with Crippen molar-refractivity contribution < 1.29 is 0 Å². The average Bonchev–Trinajstić information content (AvgIpc) is 2.57. The Morgan fingerprint density at radius 3 is 2.94 bits per heavy atom. The Balaban J connectivity index is 2.25. The van der Waals surface area contributed by atoms with Gasteiger partial charge in [0.05, 0.1) is 6.04 Å². The number of aromatic nitrogens is 1. The van der Waals surface area contributed by atoms with Crippen LogP contribution in [0.3, 0.4) is 0 Å². The van der Waals surface area contributed by atoms with E-state index in [9.17, 15) is 0 Å². The lowest BCUT2D eigenvalue weighted by atomic mass is 10.0. The van der Waals surface area contributed by atoms with E-state index < -0.39 is 0 Å². The van der Waals surface area contributed by atoms with Crippen molar-refractivity contribution in [1.82, 2.24) is 15.4 Å². The molecular weight excluding hydrogens is 234 g/mol. The van der Waals surface area contributed by atoms with Crippen molar-refractivity contribution in [1.29, 1.82) is 0 Å². The molecule has 1 atom stereocenters. The molecule has 0 aromatic carbocycles. The van der Waals surface area contributed by atoms with E-state index in [-0.39, 0.29) is 0 Å². The number of nitrogens with one attached hydrogen (secondary N) is 1. The molecule has 1 N–H and O–H groups in total. The molecule has 3 nitrogen and oxygen atoms in total. The quantitative estimate of drug-likeness (QED) is 0.821. The van der Waals surface area contributed by atoms with Crippen LogP contribution in [0.2, 0.25) is 5.15 Å². The second kappa shape index (κ2) is 5.80. The van der Waals surface area contributed by atoms with Gasteiger partial charge in [-0.05, 0) is 44.0 Å². The number of pyridine rings is 1. The first-order valence-corrected chi connectivity index (χ1v) is 6.66. The Morgan fingerprint density at radius 2 is 2.24 bits per heavy atom. The van der Waals surface area contributed by atoms with Gasteiger partial charge in [-0.15, -0.1) is 0 Å². The second-order valence-corrected chi connectivity index (χ2v) is 5.02. The van der Waals surface area contributed by atoms with Gasteiger partial charge in [0.2, 0.25) is 0 Å². The van der Waals surface area contributed by atoms with Gasteiger partial charge in [-0.25, -0.2) is 9.99 Å². The van der Waals surface area contributed by atoms with Crippen LogP contribution in [0.1, 0.15) is 42.9 Å². The zero-order chi connectivity index (χ0) is 12.3. The number of rotatable bonds is 2. The van der Waals surface area contributed by atoms with Crippen molar-refractivity contribution in [2.75, 3.05) is 13.6 Å². The van der Waals surface area contributed by atoms with Gasteiger partial charge < -0.3 is 0 Å². The third kappa shape index (κ3) is 2.97. The van der Waals surface area contributed by atoms with Crippen molar-refractivity contribution in [3.05, 3.63) is 28.5 Å². The van der Waals surface area contributed by atoms with Crippen LogP contribution < -0.4 is 5.43 Å². The minimum absolute atomic E-state index is 0.422. The number of nitrogens with zero attached hydrogens (tertiary/aromatic N) is 2.